The van der Waals surface area contributed by atoms with Crippen LogP contribution in [0.2, 0.25) is 0 Å². The Bertz CT molecular complexity index is 864. The quantitative estimate of drug-likeness (QED) is 0.121. The number of carboxylic acid groups (broad SMARTS) is 2. The molecule has 4 N–H and O–H groups in total. The highest BCUT2D eigenvalue weighted by molar-refractivity contribution is 5.80. The first-order chi connectivity index (χ1) is 17.5. The van der Waals surface area contributed by atoms with Crippen LogP contribution in [-0.4, -0.2) is 28.2 Å². The maximum atomic E-state index is 10.4. The molecule has 1 rings (SSSR count). The van der Waals surface area contributed by atoms with E-state index in [-0.39, 0.29) is 0 Å². The summed E-state index contributed by atoms with van der Waals surface area (Å²) in [4.78, 5) is 20.6. The summed E-state index contributed by atoms with van der Waals surface area (Å²) >= 11 is 0. The zero-order valence-corrected chi connectivity index (χ0v) is 21.5. The Kier molecular flexibility index (Phi) is 22.3. The van der Waals surface area contributed by atoms with Crippen molar-refractivity contribution in [3.8, 4) is 0 Å². The number of hydrogen-bond acceptors (Lipinski definition) is 3. The molecule has 0 aromatic heterocycles. The van der Waals surface area contributed by atoms with E-state index in [2.05, 4.69) is 19.1 Å². The number of rotatable bonds is 17. The minimum absolute atomic E-state index is 0.385. The van der Waals surface area contributed by atoms with Gasteiger partial charge in [-0.1, -0.05) is 143 Å². The normalized spacial score (nSPS) is 12.8. The van der Waals surface area contributed by atoms with Crippen LogP contribution >= 0.6 is 0 Å². The molecular formula is C31H43NO4. The fourth-order valence-corrected chi connectivity index (χ4v) is 3.00. The molecule has 0 amide bonds. The largest absolute Gasteiger partial charge is 0.480 e. The van der Waals surface area contributed by atoms with Crippen molar-refractivity contribution in [1.82, 2.24) is 0 Å². The summed E-state index contributed by atoms with van der Waals surface area (Å²) in [7, 11) is 0. The van der Waals surface area contributed by atoms with E-state index in [9.17, 15) is 9.59 Å². The fraction of sp³-hybridized carbons (Fsp3) is 0.355. The second-order valence-corrected chi connectivity index (χ2v) is 8.21. The second kappa shape index (κ2) is 24.7. The van der Waals surface area contributed by atoms with E-state index in [1.165, 1.54) is 51.0 Å². The Hall–Kier alpha value is -3.44. The molecule has 0 aliphatic rings. The highest BCUT2D eigenvalue weighted by Gasteiger charge is 2.10. The number of unbranched alkanes of at least 4 members (excludes halogenated alkanes) is 7. The second-order valence-electron chi connectivity index (χ2n) is 8.21. The Balaban J connectivity index is 0.000000846. The van der Waals surface area contributed by atoms with Crippen molar-refractivity contribution in [3.63, 3.8) is 0 Å². The summed E-state index contributed by atoms with van der Waals surface area (Å²) in [5.74, 6) is -1.90. The molecule has 0 saturated carbocycles. The summed E-state index contributed by atoms with van der Waals surface area (Å²) in [5.41, 5.74) is 6.30. The van der Waals surface area contributed by atoms with E-state index in [1.54, 1.807) is 12.2 Å². The van der Waals surface area contributed by atoms with E-state index in [4.69, 9.17) is 15.9 Å². The first kappa shape index (κ1) is 32.6. The molecule has 0 bridgehead atoms. The third-order valence-corrected chi connectivity index (χ3v) is 4.96. The summed E-state index contributed by atoms with van der Waals surface area (Å²) in [6.45, 7) is 2.25. The zero-order valence-electron chi connectivity index (χ0n) is 21.5. The third-order valence-electron chi connectivity index (χ3n) is 4.96. The number of carboxylic acids is 2. The van der Waals surface area contributed by atoms with E-state index < -0.39 is 18.0 Å². The van der Waals surface area contributed by atoms with E-state index in [1.807, 2.05) is 66.8 Å². The number of allylic oxidation sites excluding steroid dienone is 11. The van der Waals surface area contributed by atoms with Gasteiger partial charge in [0, 0.05) is 6.08 Å². The van der Waals surface area contributed by atoms with Crippen LogP contribution in [0.25, 0.3) is 0 Å². The van der Waals surface area contributed by atoms with Gasteiger partial charge in [-0.05, 0) is 24.8 Å². The predicted octanol–water partition coefficient (Wildman–Crippen LogP) is 7.19. The molecule has 36 heavy (non-hydrogen) atoms. The smallest absolute Gasteiger partial charge is 0.328 e. The van der Waals surface area contributed by atoms with Crippen molar-refractivity contribution in [1.29, 1.82) is 0 Å². The third kappa shape index (κ3) is 23.7. The summed E-state index contributed by atoms with van der Waals surface area (Å²) in [5, 5.41) is 16.9. The summed E-state index contributed by atoms with van der Waals surface area (Å²) in [6, 6.07) is 8.54. The molecule has 0 aliphatic carbocycles. The van der Waals surface area contributed by atoms with Crippen LogP contribution < -0.4 is 5.73 Å². The van der Waals surface area contributed by atoms with Gasteiger partial charge in [-0.2, -0.15) is 0 Å². The molecule has 0 aliphatic heterocycles. The highest BCUT2D eigenvalue weighted by atomic mass is 16.4. The van der Waals surface area contributed by atoms with Crippen molar-refractivity contribution in [2.24, 2.45) is 5.73 Å². The van der Waals surface area contributed by atoms with Crippen molar-refractivity contribution >= 4 is 11.9 Å². The van der Waals surface area contributed by atoms with Gasteiger partial charge < -0.3 is 15.9 Å². The minimum atomic E-state index is -0.959. The van der Waals surface area contributed by atoms with Crippen molar-refractivity contribution in [2.45, 2.75) is 70.8 Å². The van der Waals surface area contributed by atoms with Gasteiger partial charge in [-0.3, -0.25) is 4.79 Å². The molecule has 1 aromatic rings. The predicted molar refractivity (Wildman–Crippen MR) is 151 cm³/mol. The molecule has 0 saturated heterocycles. The molecule has 0 fully saturated rings. The Morgan fingerprint density at radius 1 is 0.750 bits per heavy atom. The lowest BCUT2D eigenvalue weighted by atomic mass is 10.1. The highest BCUT2D eigenvalue weighted by Crippen LogP contribution is 2.08. The van der Waals surface area contributed by atoms with E-state index in [0.29, 0.717) is 6.42 Å². The van der Waals surface area contributed by atoms with Crippen LogP contribution in [0.4, 0.5) is 0 Å². The summed E-state index contributed by atoms with van der Waals surface area (Å²) in [6.07, 6.45) is 33.1. The first-order valence-corrected chi connectivity index (χ1v) is 12.7. The van der Waals surface area contributed by atoms with Gasteiger partial charge in [0.2, 0.25) is 0 Å². The Labute approximate surface area is 217 Å². The van der Waals surface area contributed by atoms with Gasteiger partial charge in [0.15, 0.2) is 0 Å². The van der Waals surface area contributed by atoms with Crippen LogP contribution in [0.5, 0.6) is 0 Å². The maximum absolute atomic E-state index is 10.4. The molecule has 0 radical (unpaired) electrons. The van der Waals surface area contributed by atoms with Gasteiger partial charge in [-0.15, -0.1) is 0 Å². The average Bonchev–Trinajstić information content (AvgIpc) is 2.86. The lowest BCUT2D eigenvalue weighted by molar-refractivity contribution is -0.138. The molecule has 196 valence electrons. The number of hydrogen-bond donors (Lipinski definition) is 3. The lowest BCUT2D eigenvalue weighted by Crippen LogP contribution is -2.32. The number of carbonyl (C=O) groups is 2. The van der Waals surface area contributed by atoms with Crippen LogP contribution in [0.1, 0.15) is 63.9 Å². The SMILES string of the molecule is CCCCCCCCCC=CC=CC=CC=CC=CC=CC(=O)O.N[C@@H](Cc1ccccc1)C(=O)O. The lowest BCUT2D eigenvalue weighted by Gasteiger charge is -2.04. The van der Waals surface area contributed by atoms with E-state index in [0.717, 1.165) is 18.1 Å². The van der Waals surface area contributed by atoms with Gasteiger partial charge in [-0.25, -0.2) is 4.79 Å². The van der Waals surface area contributed by atoms with Gasteiger partial charge in [0.25, 0.3) is 0 Å². The minimum Gasteiger partial charge on any atom is -0.480 e. The first-order valence-electron chi connectivity index (χ1n) is 12.7. The monoisotopic (exact) mass is 493 g/mol. The van der Waals surface area contributed by atoms with Gasteiger partial charge in [0.05, 0.1) is 0 Å². The molecule has 5 nitrogen and oxygen atoms in total. The molecule has 0 spiro atoms. The molecule has 0 heterocycles. The standard InChI is InChI=1S/C22H32O2.C9H11NO2/c1-2-3-4-5-6-7-8-9-10-11-12-13-14-15-16-17-18-19-20-21-22(23)24;10-8(9(11)12)6-7-4-2-1-3-5-7/h10-21H,2-9H2,1H3,(H,23,24);1-5,8H,6,10H2,(H,11,12)/t;8-/m.0/s1. The zero-order chi connectivity index (χ0) is 26.7. The molecule has 5 heteroatoms. The maximum Gasteiger partial charge on any atom is 0.328 e. The average molecular weight is 494 g/mol. The fourth-order valence-electron chi connectivity index (χ4n) is 3.00. The summed E-state index contributed by atoms with van der Waals surface area (Å²) < 4.78 is 0. The number of benzene rings is 1. The Morgan fingerprint density at radius 3 is 1.78 bits per heavy atom. The number of nitrogens with two attached hydrogens (primary N) is 1. The van der Waals surface area contributed by atoms with E-state index >= 15 is 0 Å². The Morgan fingerprint density at radius 2 is 1.25 bits per heavy atom. The van der Waals surface area contributed by atoms with Gasteiger partial charge in [0.1, 0.15) is 6.04 Å². The van der Waals surface area contributed by atoms with Crippen LogP contribution in [-0.2, 0) is 16.0 Å². The van der Waals surface area contributed by atoms with Crippen molar-refractivity contribution in [2.75, 3.05) is 0 Å². The van der Waals surface area contributed by atoms with Gasteiger partial charge >= 0.3 is 11.9 Å². The van der Waals surface area contributed by atoms with Crippen LogP contribution in [0, 0.1) is 0 Å². The van der Waals surface area contributed by atoms with Crippen molar-refractivity contribution in [3.05, 3.63) is 109 Å². The van der Waals surface area contributed by atoms with Crippen LogP contribution in [0.3, 0.4) is 0 Å². The molecule has 1 aromatic carbocycles. The topological polar surface area (TPSA) is 101 Å². The molecular weight excluding hydrogens is 450 g/mol. The van der Waals surface area contributed by atoms with Crippen LogP contribution in [0.15, 0.2) is 103 Å². The molecule has 1 atom stereocenters. The van der Waals surface area contributed by atoms with Crippen molar-refractivity contribution < 1.29 is 19.8 Å². The number of aliphatic carboxylic acids is 2. The molecule has 0 unspecified atom stereocenters.